The van der Waals surface area contributed by atoms with E-state index in [1.54, 1.807) is 31.2 Å². The molecule has 0 N–H and O–H groups in total. The standard InChI is InChI=1S/C24H15ClFN3O5/c1-12-5-6-14(25)10-19(12)27-20(13-3-2-4-15(26)9-13)21(24(27)32)28-22(30)17-8-7-16(29(33)34)11-18(17)23(28)31/h2-11,20-21H,1H3/t20-,21+/m0/s1. The third-order valence-electron chi connectivity index (χ3n) is 6.08. The highest BCUT2D eigenvalue weighted by atomic mass is 35.5. The number of halogens is 2. The Kier molecular flexibility index (Phi) is 4.94. The van der Waals surface area contributed by atoms with Crippen LogP contribution in [0.3, 0.4) is 0 Å². The number of imide groups is 1. The Balaban J connectivity index is 1.61. The molecule has 3 amide bonds. The summed E-state index contributed by atoms with van der Waals surface area (Å²) in [6, 6.07) is 11.7. The van der Waals surface area contributed by atoms with Crippen molar-refractivity contribution in [3.8, 4) is 0 Å². The van der Waals surface area contributed by atoms with Gasteiger partial charge in [-0.25, -0.2) is 4.39 Å². The van der Waals surface area contributed by atoms with Crippen molar-refractivity contribution in [2.75, 3.05) is 4.90 Å². The van der Waals surface area contributed by atoms with Crippen molar-refractivity contribution in [3.05, 3.63) is 104 Å². The summed E-state index contributed by atoms with van der Waals surface area (Å²) in [5.74, 6) is -2.65. The number of amides is 3. The summed E-state index contributed by atoms with van der Waals surface area (Å²) in [7, 11) is 0. The average Bonchev–Trinajstić information content (AvgIpc) is 3.04. The van der Waals surface area contributed by atoms with Crippen molar-refractivity contribution in [3.63, 3.8) is 0 Å². The van der Waals surface area contributed by atoms with Crippen molar-refractivity contribution >= 4 is 40.7 Å². The maximum Gasteiger partial charge on any atom is 0.270 e. The number of hydrogen-bond acceptors (Lipinski definition) is 5. The van der Waals surface area contributed by atoms with Crippen LogP contribution in [0, 0.1) is 22.9 Å². The van der Waals surface area contributed by atoms with Gasteiger partial charge >= 0.3 is 0 Å². The van der Waals surface area contributed by atoms with Crippen molar-refractivity contribution in [1.82, 2.24) is 4.90 Å². The SMILES string of the molecule is Cc1ccc(Cl)cc1N1C(=O)[C@H](N2C(=O)c3ccc([N+](=O)[O-])cc3C2=O)[C@@H]1c1cccc(F)c1. The van der Waals surface area contributed by atoms with Crippen LogP contribution >= 0.6 is 11.6 Å². The van der Waals surface area contributed by atoms with Gasteiger partial charge in [0, 0.05) is 22.8 Å². The Labute approximate surface area is 197 Å². The topological polar surface area (TPSA) is 101 Å². The Morgan fingerprint density at radius 2 is 1.65 bits per heavy atom. The lowest BCUT2D eigenvalue weighted by Gasteiger charge is -2.50. The van der Waals surface area contributed by atoms with Gasteiger partial charge in [-0.3, -0.25) is 29.4 Å². The van der Waals surface area contributed by atoms with Crippen LogP contribution in [0.2, 0.25) is 5.02 Å². The molecule has 0 aromatic heterocycles. The number of benzene rings is 3. The van der Waals surface area contributed by atoms with E-state index in [9.17, 15) is 28.9 Å². The van der Waals surface area contributed by atoms with Crippen LogP contribution in [0.5, 0.6) is 0 Å². The largest absolute Gasteiger partial charge is 0.300 e. The normalized spacial score (nSPS) is 19.3. The first-order chi connectivity index (χ1) is 16.2. The van der Waals surface area contributed by atoms with Crippen molar-refractivity contribution in [2.24, 2.45) is 0 Å². The predicted molar refractivity (Wildman–Crippen MR) is 120 cm³/mol. The molecule has 2 aliphatic rings. The molecule has 0 aliphatic carbocycles. The molecule has 2 heterocycles. The first-order valence-electron chi connectivity index (χ1n) is 10.2. The van der Waals surface area contributed by atoms with Crippen molar-refractivity contribution in [2.45, 2.75) is 19.0 Å². The van der Waals surface area contributed by atoms with E-state index in [1.165, 1.54) is 29.2 Å². The molecule has 1 fully saturated rings. The van der Waals surface area contributed by atoms with Crippen LogP contribution in [0.25, 0.3) is 0 Å². The minimum Gasteiger partial charge on any atom is -0.300 e. The molecule has 3 aromatic rings. The van der Waals surface area contributed by atoms with Crippen LogP contribution < -0.4 is 4.90 Å². The van der Waals surface area contributed by atoms with E-state index in [2.05, 4.69) is 0 Å². The third-order valence-corrected chi connectivity index (χ3v) is 6.31. The zero-order chi connectivity index (χ0) is 24.3. The van der Waals surface area contributed by atoms with Gasteiger partial charge in [0.15, 0.2) is 0 Å². The molecular formula is C24H15ClFN3O5. The molecule has 2 aliphatic heterocycles. The molecular weight excluding hydrogens is 465 g/mol. The summed E-state index contributed by atoms with van der Waals surface area (Å²) in [5, 5.41) is 11.5. The Morgan fingerprint density at radius 1 is 0.912 bits per heavy atom. The molecule has 10 heteroatoms. The quantitative estimate of drug-likeness (QED) is 0.238. The minimum atomic E-state index is -1.26. The summed E-state index contributed by atoms with van der Waals surface area (Å²) in [6.07, 6.45) is 0. The highest BCUT2D eigenvalue weighted by Gasteiger charge is 2.57. The number of non-ortho nitro benzene ring substituents is 1. The molecule has 170 valence electrons. The zero-order valence-corrected chi connectivity index (χ0v) is 18.3. The molecule has 3 aromatic carbocycles. The van der Waals surface area contributed by atoms with Gasteiger partial charge < -0.3 is 4.90 Å². The van der Waals surface area contributed by atoms with E-state index >= 15 is 0 Å². The number of β-lactam (4-membered cyclic amide) rings is 1. The molecule has 0 bridgehead atoms. The van der Waals surface area contributed by atoms with Crippen LogP contribution in [0.15, 0.2) is 60.7 Å². The zero-order valence-electron chi connectivity index (χ0n) is 17.6. The van der Waals surface area contributed by atoms with Gasteiger partial charge in [0.2, 0.25) is 0 Å². The van der Waals surface area contributed by atoms with Gasteiger partial charge in [0.1, 0.15) is 11.9 Å². The van der Waals surface area contributed by atoms with E-state index in [1.807, 2.05) is 0 Å². The number of nitro groups is 1. The van der Waals surface area contributed by atoms with E-state index in [0.717, 1.165) is 22.6 Å². The molecule has 0 spiro atoms. The number of hydrogen-bond donors (Lipinski definition) is 0. The second-order valence-corrected chi connectivity index (χ2v) is 8.49. The summed E-state index contributed by atoms with van der Waals surface area (Å²) in [4.78, 5) is 52.4. The fourth-order valence-corrected chi connectivity index (χ4v) is 4.64. The fourth-order valence-electron chi connectivity index (χ4n) is 4.47. The summed E-state index contributed by atoms with van der Waals surface area (Å²) >= 11 is 6.15. The summed E-state index contributed by atoms with van der Waals surface area (Å²) in [6.45, 7) is 1.77. The first kappa shape index (κ1) is 21.7. The van der Waals surface area contributed by atoms with Gasteiger partial charge in [0.25, 0.3) is 23.4 Å². The van der Waals surface area contributed by atoms with Gasteiger partial charge in [-0.05, 0) is 48.4 Å². The monoisotopic (exact) mass is 479 g/mol. The highest BCUT2D eigenvalue weighted by Crippen LogP contribution is 2.46. The Bertz CT molecular complexity index is 1430. The maximum atomic E-state index is 14.1. The lowest BCUT2D eigenvalue weighted by Crippen LogP contribution is -2.67. The molecule has 0 radical (unpaired) electrons. The average molecular weight is 480 g/mol. The summed E-state index contributed by atoms with van der Waals surface area (Å²) in [5.41, 5.74) is 1.04. The Hall–Kier alpha value is -4.11. The number of rotatable bonds is 4. The van der Waals surface area contributed by atoms with E-state index in [4.69, 9.17) is 11.6 Å². The number of anilines is 1. The maximum absolute atomic E-state index is 14.1. The van der Waals surface area contributed by atoms with Gasteiger partial charge in [-0.15, -0.1) is 0 Å². The molecule has 5 rings (SSSR count). The number of carbonyl (C=O) groups is 3. The first-order valence-corrected chi connectivity index (χ1v) is 10.6. The third kappa shape index (κ3) is 3.16. The van der Waals surface area contributed by atoms with Crippen LogP contribution in [0.1, 0.15) is 37.9 Å². The lowest BCUT2D eigenvalue weighted by atomic mass is 9.85. The molecule has 1 saturated heterocycles. The van der Waals surface area contributed by atoms with Gasteiger partial charge in [-0.1, -0.05) is 29.8 Å². The van der Waals surface area contributed by atoms with Gasteiger partial charge in [0.05, 0.1) is 22.1 Å². The minimum absolute atomic E-state index is 0.0289. The van der Waals surface area contributed by atoms with E-state index in [-0.39, 0.29) is 16.8 Å². The predicted octanol–water partition coefficient (Wildman–Crippen LogP) is 4.45. The smallest absolute Gasteiger partial charge is 0.270 e. The van der Waals surface area contributed by atoms with E-state index in [0.29, 0.717) is 16.3 Å². The second-order valence-electron chi connectivity index (χ2n) is 8.05. The number of aryl methyl sites for hydroxylation is 1. The van der Waals surface area contributed by atoms with Crippen LogP contribution in [-0.2, 0) is 4.79 Å². The number of nitro benzene ring substituents is 1. The highest BCUT2D eigenvalue weighted by molar-refractivity contribution is 6.31. The van der Waals surface area contributed by atoms with Gasteiger partial charge in [-0.2, -0.15) is 0 Å². The lowest BCUT2D eigenvalue weighted by molar-refractivity contribution is -0.384. The molecule has 8 nitrogen and oxygen atoms in total. The number of nitrogens with zero attached hydrogens (tertiary/aromatic N) is 3. The fraction of sp³-hybridized carbons (Fsp3) is 0.125. The van der Waals surface area contributed by atoms with Crippen molar-refractivity contribution < 1.29 is 23.7 Å². The van der Waals surface area contributed by atoms with Crippen LogP contribution in [0.4, 0.5) is 15.8 Å². The molecule has 2 atom stereocenters. The van der Waals surface area contributed by atoms with Crippen molar-refractivity contribution in [1.29, 1.82) is 0 Å². The van der Waals surface area contributed by atoms with E-state index < -0.39 is 40.5 Å². The summed E-state index contributed by atoms with van der Waals surface area (Å²) < 4.78 is 14.1. The van der Waals surface area contributed by atoms with Crippen LogP contribution in [-0.4, -0.2) is 33.6 Å². The molecule has 0 unspecified atom stereocenters. The Morgan fingerprint density at radius 3 is 2.35 bits per heavy atom. The molecule has 0 saturated carbocycles. The number of carbonyl (C=O) groups excluding carboxylic acids is 3. The molecule has 34 heavy (non-hydrogen) atoms. The number of fused-ring (bicyclic) bond motifs is 1. The second kappa shape index (κ2) is 7.74.